The maximum Gasteiger partial charge on any atom is 0.120 e. The Bertz CT molecular complexity index is 302. The third-order valence-electron chi connectivity index (χ3n) is 2.86. The minimum atomic E-state index is -0.182. The summed E-state index contributed by atoms with van der Waals surface area (Å²) in [6.45, 7) is 3.41. The molecule has 1 aromatic heterocycles. The van der Waals surface area contributed by atoms with Gasteiger partial charge in [0.05, 0.1) is 18.4 Å². The van der Waals surface area contributed by atoms with Gasteiger partial charge in [-0.25, -0.2) is 4.98 Å². The summed E-state index contributed by atoms with van der Waals surface area (Å²) in [5.41, 5.74) is 6.37. The van der Waals surface area contributed by atoms with Gasteiger partial charge in [0.15, 0.2) is 0 Å². The summed E-state index contributed by atoms with van der Waals surface area (Å²) in [6.07, 6.45) is 5.27. The highest BCUT2D eigenvalue weighted by atomic mass is 16.5. The molecular weight excluding hydrogens is 178 g/mol. The topological polar surface area (TPSA) is 63.9 Å². The first kappa shape index (κ1) is 9.68. The number of nitrogens with zero attached hydrogens (tertiary/aromatic N) is 1. The van der Waals surface area contributed by atoms with E-state index in [2.05, 4.69) is 16.9 Å². The summed E-state index contributed by atoms with van der Waals surface area (Å²) >= 11 is 0. The van der Waals surface area contributed by atoms with Crippen LogP contribution in [0.5, 0.6) is 0 Å². The minimum Gasteiger partial charge on any atom is -0.369 e. The second-order valence-corrected chi connectivity index (χ2v) is 3.98. The zero-order chi connectivity index (χ0) is 10.0. The maximum absolute atomic E-state index is 5.80. The van der Waals surface area contributed by atoms with Crippen molar-refractivity contribution in [3.05, 3.63) is 17.7 Å². The van der Waals surface area contributed by atoms with Gasteiger partial charge < -0.3 is 15.5 Å². The monoisotopic (exact) mass is 195 g/mol. The Kier molecular flexibility index (Phi) is 2.56. The molecule has 4 nitrogen and oxygen atoms in total. The number of imidazole rings is 1. The molecule has 0 spiro atoms. The van der Waals surface area contributed by atoms with Crippen LogP contribution in [0.25, 0.3) is 0 Å². The second-order valence-electron chi connectivity index (χ2n) is 3.98. The normalized spacial score (nSPS) is 27.9. The Morgan fingerprint density at radius 3 is 3.07 bits per heavy atom. The Morgan fingerprint density at radius 1 is 1.64 bits per heavy atom. The molecule has 0 aliphatic carbocycles. The van der Waals surface area contributed by atoms with Gasteiger partial charge in [0.2, 0.25) is 0 Å². The molecule has 78 valence electrons. The number of hydrogen-bond donors (Lipinski definition) is 2. The second kappa shape index (κ2) is 3.71. The van der Waals surface area contributed by atoms with E-state index < -0.39 is 0 Å². The number of rotatable bonds is 2. The van der Waals surface area contributed by atoms with Crippen LogP contribution in [0.1, 0.15) is 37.7 Å². The van der Waals surface area contributed by atoms with Gasteiger partial charge in [-0.1, -0.05) is 0 Å². The molecule has 1 unspecified atom stereocenters. The van der Waals surface area contributed by atoms with Crippen LogP contribution in [0.4, 0.5) is 0 Å². The number of aromatic amines is 1. The van der Waals surface area contributed by atoms with E-state index in [1.807, 2.05) is 6.20 Å². The van der Waals surface area contributed by atoms with Gasteiger partial charge >= 0.3 is 0 Å². The molecule has 1 atom stereocenters. The average Bonchev–Trinajstić information content (AvgIpc) is 2.67. The van der Waals surface area contributed by atoms with Crippen LogP contribution in [0.2, 0.25) is 0 Å². The van der Waals surface area contributed by atoms with Crippen LogP contribution < -0.4 is 5.73 Å². The molecule has 0 radical (unpaired) electrons. The summed E-state index contributed by atoms with van der Waals surface area (Å²) in [5.74, 6) is 0.829. The molecule has 0 saturated carbocycles. The molecule has 1 fully saturated rings. The SMILES string of the molecule is CC1(c2cnc(CN)[nH]2)CCCCO1. The molecule has 0 bridgehead atoms. The highest BCUT2D eigenvalue weighted by Gasteiger charge is 2.31. The van der Waals surface area contributed by atoms with Crippen LogP contribution in [-0.2, 0) is 16.9 Å². The van der Waals surface area contributed by atoms with Gasteiger partial charge in [-0.05, 0) is 26.2 Å². The van der Waals surface area contributed by atoms with E-state index in [1.165, 1.54) is 6.42 Å². The van der Waals surface area contributed by atoms with Gasteiger partial charge in [-0.3, -0.25) is 0 Å². The van der Waals surface area contributed by atoms with Gasteiger partial charge in [0, 0.05) is 6.61 Å². The molecule has 1 saturated heterocycles. The summed E-state index contributed by atoms with van der Waals surface area (Å²) in [5, 5.41) is 0. The fraction of sp³-hybridized carbons (Fsp3) is 0.700. The fourth-order valence-electron chi connectivity index (χ4n) is 1.88. The van der Waals surface area contributed by atoms with Gasteiger partial charge in [-0.2, -0.15) is 0 Å². The van der Waals surface area contributed by atoms with Crippen LogP contribution in [0, 0.1) is 0 Å². The smallest absolute Gasteiger partial charge is 0.120 e. The quantitative estimate of drug-likeness (QED) is 0.747. The molecule has 0 amide bonds. The largest absolute Gasteiger partial charge is 0.369 e. The van der Waals surface area contributed by atoms with Crippen molar-refractivity contribution in [1.82, 2.24) is 9.97 Å². The third kappa shape index (κ3) is 1.67. The molecular formula is C10H17N3O. The summed E-state index contributed by atoms with van der Waals surface area (Å²) < 4.78 is 5.80. The van der Waals surface area contributed by atoms with E-state index in [0.29, 0.717) is 6.54 Å². The molecule has 4 heteroatoms. The summed E-state index contributed by atoms with van der Waals surface area (Å²) in [6, 6.07) is 0. The molecule has 3 N–H and O–H groups in total. The van der Waals surface area contributed by atoms with Crippen molar-refractivity contribution in [2.45, 2.75) is 38.3 Å². The highest BCUT2D eigenvalue weighted by molar-refractivity contribution is 5.11. The van der Waals surface area contributed by atoms with Crippen molar-refractivity contribution in [3.8, 4) is 0 Å². The van der Waals surface area contributed by atoms with Crippen LogP contribution in [0.15, 0.2) is 6.20 Å². The Balaban J connectivity index is 2.19. The van der Waals surface area contributed by atoms with Crippen LogP contribution in [0.3, 0.4) is 0 Å². The first-order chi connectivity index (χ1) is 6.74. The molecule has 2 heterocycles. The average molecular weight is 195 g/mol. The first-order valence-electron chi connectivity index (χ1n) is 5.13. The molecule has 0 aromatic carbocycles. The fourth-order valence-corrected chi connectivity index (χ4v) is 1.88. The zero-order valence-corrected chi connectivity index (χ0v) is 8.55. The molecule has 14 heavy (non-hydrogen) atoms. The Labute approximate surface area is 83.9 Å². The van der Waals surface area contributed by atoms with E-state index in [0.717, 1.165) is 31.0 Å². The van der Waals surface area contributed by atoms with E-state index in [-0.39, 0.29) is 5.60 Å². The van der Waals surface area contributed by atoms with Crippen molar-refractivity contribution < 1.29 is 4.74 Å². The van der Waals surface area contributed by atoms with Crippen LogP contribution >= 0.6 is 0 Å². The van der Waals surface area contributed by atoms with Crippen molar-refractivity contribution in [2.24, 2.45) is 5.73 Å². The van der Waals surface area contributed by atoms with Crippen molar-refractivity contribution in [3.63, 3.8) is 0 Å². The Hall–Kier alpha value is -0.870. The molecule has 1 aliphatic rings. The van der Waals surface area contributed by atoms with Crippen molar-refractivity contribution in [1.29, 1.82) is 0 Å². The van der Waals surface area contributed by atoms with Gasteiger partial charge in [-0.15, -0.1) is 0 Å². The van der Waals surface area contributed by atoms with Gasteiger partial charge in [0.25, 0.3) is 0 Å². The Morgan fingerprint density at radius 2 is 2.50 bits per heavy atom. The lowest BCUT2D eigenvalue weighted by molar-refractivity contribution is -0.0727. The number of nitrogens with two attached hydrogens (primary N) is 1. The third-order valence-corrected chi connectivity index (χ3v) is 2.86. The van der Waals surface area contributed by atoms with Crippen molar-refractivity contribution >= 4 is 0 Å². The predicted molar refractivity (Wildman–Crippen MR) is 53.6 cm³/mol. The van der Waals surface area contributed by atoms with E-state index >= 15 is 0 Å². The minimum absolute atomic E-state index is 0.182. The van der Waals surface area contributed by atoms with E-state index in [1.54, 1.807) is 0 Å². The van der Waals surface area contributed by atoms with Crippen molar-refractivity contribution in [2.75, 3.05) is 6.61 Å². The number of H-pyrrole nitrogens is 1. The number of ether oxygens (including phenoxy) is 1. The number of aromatic nitrogens is 2. The standard InChI is InChI=1S/C10H17N3O/c1-10(4-2-3-5-14-10)8-7-12-9(6-11)13-8/h7H,2-6,11H2,1H3,(H,12,13). The highest BCUT2D eigenvalue weighted by Crippen LogP contribution is 2.33. The van der Waals surface area contributed by atoms with E-state index in [4.69, 9.17) is 10.5 Å². The van der Waals surface area contributed by atoms with Gasteiger partial charge in [0.1, 0.15) is 11.4 Å². The lowest BCUT2D eigenvalue weighted by atomic mass is 9.93. The summed E-state index contributed by atoms with van der Waals surface area (Å²) in [7, 11) is 0. The molecule has 1 aliphatic heterocycles. The first-order valence-corrected chi connectivity index (χ1v) is 5.13. The number of hydrogen-bond acceptors (Lipinski definition) is 3. The lowest BCUT2D eigenvalue weighted by Crippen LogP contribution is -2.30. The zero-order valence-electron chi connectivity index (χ0n) is 8.55. The number of nitrogens with one attached hydrogen (secondary N) is 1. The molecule has 2 rings (SSSR count). The predicted octanol–water partition coefficient (Wildman–Crippen LogP) is 1.28. The summed E-state index contributed by atoms with van der Waals surface area (Å²) in [4.78, 5) is 7.41. The van der Waals surface area contributed by atoms with E-state index in [9.17, 15) is 0 Å². The molecule has 1 aromatic rings. The maximum atomic E-state index is 5.80. The van der Waals surface area contributed by atoms with Crippen LogP contribution in [-0.4, -0.2) is 16.6 Å². The lowest BCUT2D eigenvalue weighted by Gasteiger charge is -2.32.